The lowest BCUT2D eigenvalue weighted by atomic mass is 10.2. The second-order valence-electron chi connectivity index (χ2n) is 4.64. The molecule has 0 aliphatic heterocycles. The van der Waals surface area contributed by atoms with Crippen molar-refractivity contribution < 1.29 is 14.8 Å². The van der Waals surface area contributed by atoms with Crippen LogP contribution >= 0.6 is 0 Å². The van der Waals surface area contributed by atoms with Crippen LogP contribution in [0.3, 0.4) is 0 Å². The number of hydroxylamine groups is 1. The molecular weight excluding hydrogens is 258 g/mol. The third-order valence-electron chi connectivity index (χ3n) is 2.79. The molecule has 0 saturated heterocycles. The first-order chi connectivity index (χ1) is 9.61. The predicted octanol–water partition coefficient (Wildman–Crippen LogP) is 1.23. The Morgan fingerprint density at radius 3 is 2.50 bits per heavy atom. The Kier molecular flexibility index (Phi) is 7.31. The van der Waals surface area contributed by atoms with Crippen LogP contribution in [0.1, 0.15) is 19.3 Å². The SMILES string of the molecule is CN(CCCCC(=O)NO)CC(=O)Nc1ccccc1. The van der Waals surface area contributed by atoms with E-state index in [-0.39, 0.29) is 11.8 Å². The Hall–Kier alpha value is -1.92. The molecule has 1 aromatic rings. The first-order valence-electron chi connectivity index (χ1n) is 6.58. The zero-order valence-electron chi connectivity index (χ0n) is 11.6. The average molecular weight is 279 g/mol. The molecule has 2 amide bonds. The maximum absolute atomic E-state index is 11.8. The number of unbranched alkanes of at least 4 members (excludes halogenated alkanes) is 1. The molecule has 0 radical (unpaired) electrons. The highest BCUT2D eigenvalue weighted by Crippen LogP contribution is 2.05. The topological polar surface area (TPSA) is 81.7 Å². The molecule has 0 aliphatic rings. The van der Waals surface area contributed by atoms with Gasteiger partial charge in [0, 0.05) is 12.1 Å². The van der Waals surface area contributed by atoms with Gasteiger partial charge in [-0.2, -0.15) is 0 Å². The van der Waals surface area contributed by atoms with E-state index in [0.717, 1.165) is 18.7 Å². The number of para-hydroxylation sites is 1. The van der Waals surface area contributed by atoms with E-state index >= 15 is 0 Å². The zero-order valence-corrected chi connectivity index (χ0v) is 11.6. The molecule has 0 bridgehead atoms. The van der Waals surface area contributed by atoms with Gasteiger partial charge in [-0.15, -0.1) is 0 Å². The highest BCUT2D eigenvalue weighted by molar-refractivity contribution is 5.92. The molecule has 0 spiro atoms. The molecule has 110 valence electrons. The summed E-state index contributed by atoms with van der Waals surface area (Å²) < 4.78 is 0. The van der Waals surface area contributed by atoms with Crippen LogP contribution in [0.4, 0.5) is 5.69 Å². The summed E-state index contributed by atoms with van der Waals surface area (Å²) >= 11 is 0. The van der Waals surface area contributed by atoms with Crippen LogP contribution in [-0.4, -0.2) is 42.1 Å². The number of rotatable bonds is 8. The van der Waals surface area contributed by atoms with Gasteiger partial charge in [0.1, 0.15) is 0 Å². The lowest BCUT2D eigenvalue weighted by Gasteiger charge is -2.16. The number of nitrogens with one attached hydrogen (secondary N) is 2. The minimum atomic E-state index is -0.380. The maximum Gasteiger partial charge on any atom is 0.243 e. The van der Waals surface area contributed by atoms with Crippen molar-refractivity contribution in [2.24, 2.45) is 0 Å². The van der Waals surface area contributed by atoms with Gasteiger partial charge in [0.05, 0.1) is 6.54 Å². The minimum absolute atomic E-state index is 0.0631. The van der Waals surface area contributed by atoms with Crippen molar-refractivity contribution in [1.29, 1.82) is 0 Å². The van der Waals surface area contributed by atoms with Crippen LogP contribution in [0.5, 0.6) is 0 Å². The normalized spacial score (nSPS) is 10.3. The van der Waals surface area contributed by atoms with Crippen LogP contribution < -0.4 is 10.8 Å². The Bertz CT molecular complexity index is 423. The molecule has 0 aromatic heterocycles. The Balaban J connectivity index is 2.17. The number of carbonyl (C=O) groups excluding carboxylic acids is 2. The third-order valence-corrected chi connectivity index (χ3v) is 2.79. The Morgan fingerprint density at radius 2 is 1.85 bits per heavy atom. The number of anilines is 1. The summed E-state index contributed by atoms with van der Waals surface area (Å²) in [6, 6.07) is 9.30. The molecule has 0 aliphatic carbocycles. The lowest BCUT2D eigenvalue weighted by Crippen LogP contribution is -2.31. The molecule has 0 fully saturated rings. The summed E-state index contributed by atoms with van der Waals surface area (Å²) in [5, 5.41) is 11.2. The number of likely N-dealkylation sites (N-methyl/N-ethyl adjacent to an activating group) is 1. The minimum Gasteiger partial charge on any atom is -0.325 e. The van der Waals surface area contributed by atoms with E-state index in [1.165, 1.54) is 0 Å². The summed E-state index contributed by atoms with van der Waals surface area (Å²) in [6.07, 6.45) is 1.76. The average Bonchev–Trinajstić information content (AvgIpc) is 2.44. The van der Waals surface area contributed by atoms with Crippen LogP contribution in [0.25, 0.3) is 0 Å². The lowest BCUT2D eigenvalue weighted by molar-refractivity contribution is -0.129. The quantitative estimate of drug-likeness (QED) is 0.380. The molecule has 6 heteroatoms. The highest BCUT2D eigenvalue weighted by Gasteiger charge is 2.07. The number of hydrogen-bond donors (Lipinski definition) is 3. The van der Waals surface area contributed by atoms with Crippen molar-refractivity contribution in [1.82, 2.24) is 10.4 Å². The van der Waals surface area contributed by atoms with Crippen molar-refractivity contribution in [3.05, 3.63) is 30.3 Å². The Morgan fingerprint density at radius 1 is 1.15 bits per heavy atom. The fraction of sp³-hybridized carbons (Fsp3) is 0.429. The predicted molar refractivity (Wildman–Crippen MR) is 76.3 cm³/mol. The van der Waals surface area contributed by atoms with E-state index in [9.17, 15) is 9.59 Å². The molecule has 0 saturated carbocycles. The fourth-order valence-electron chi connectivity index (χ4n) is 1.77. The second-order valence-corrected chi connectivity index (χ2v) is 4.64. The molecule has 1 rings (SSSR count). The summed E-state index contributed by atoms with van der Waals surface area (Å²) in [5.41, 5.74) is 2.38. The van der Waals surface area contributed by atoms with Crippen molar-refractivity contribution >= 4 is 17.5 Å². The molecule has 3 N–H and O–H groups in total. The van der Waals surface area contributed by atoms with Gasteiger partial charge >= 0.3 is 0 Å². The van der Waals surface area contributed by atoms with E-state index in [0.29, 0.717) is 19.4 Å². The van der Waals surface area contributed by atoms with Crippen molar-refractivity contribution in [2.45, 2.75) is 19.3 Å². The molecular formula is C14H21N3O3. The smallest absolute Gasteiger partial charge is 0.243 e. The van der Waals surface area contributed by atoms with Gasteiger partial charge < -0.3 is 5.32 Å². The number of carbonyl (C=O) groups is 2. The maximum atomic E-state index is 11.8. The van der Waals surface area contributed by atoms with Gasteiger partial charge in [-0.3, -0.25) is 19.7 Å². The Labute approximate surface area is 118 Å². The first-order valence-corrected chi connectivity index (χ1v) is 6.58. The number of nitrogens with zero attached hydrogens (tertiary/aromatic N) is 1. The monoisotopic (exact) mass is 279 g/mol. The van der Waals surface area contributed by atoms with Crippen molar-refractivity contribution in [3.8, 4) is 0 Å². The van der Waals surface area contributed by atoms with Crippen LogP contribution in [0.15, 0.2) is 30.3 Å². The zero-order chi connectivity index (χ0) is 14.8. The van der Waals surface area contributed by atoms with E-state index in [4.69, 9.17) is 5.21 Å². The highest BCUT2D eigenvalue weighted by atomic mass is 16.5. The van der Waals surface area contributed by atoms with Gasteiger partial charge in [-0.25, -0.2) is 5.48 Å². The van der Waals surface area contributed by atoms with Gasteiger partial charge in [0.2, 0.25) is 11.8 Å². The van der Waals surface area contributed by atoms with Crippen LogP contribution in [0, 0.1) is 0 Å². The van der Waals surface area contributed by atoms with Crippen LogP contribution in [0.2, 0.25) is 0 Å². The van der Waals surface area contributed by atoms with E-state index in [1.54, 1.807) is 5.48 Å². The standard InChI is InChI=1S/C14H21N3O3/c1-17(10-6-5-9-13(18)16-20)11-14(19)15-12-7-3-2-4-8-12/h2-4,7-8,20H,5-6,9-11H2,1H3,(H,15,19)(H,16,18). The first kappa shape index (κ1) is 16.1. The van der Waals surface area contributed by atoms with Crippen LogP contribution in [-0.2, 0) is 9.59 Å². The van der Waals surface area contributed by atoms with Crippen molar-refractivity contribution in [3.63, 3.8) is 0 Å². The number of hydrogen-bond acceptors (Lipinski definition) is 4. The van der Waals surface area contributed by atoms with Gasteiger partial charge in [-0.1, -0.05) is 18.2 Å². The molecule has 0 unspecified atom stereocenters. The van der Waals surface area contributed by atoms with E-state index in [1.807, 2.05) is 42.3 Å². The van der Waals surface area contributed by atoms with Gasteiger partial charge in [0.25, 0.3) is 0 Å². The molecule has 20 heavy (non-hydrogen) atoms. The number of benzene rings is 1. The van der Waals surface area contributed by atoms with Crippen molar-refractivity contribution in [2.75, 3.05) is 25.5 Å². The summed E-state index contributed by atoms with van der Waals surface area (Å²) in [5.74, 6) is -0.443. The fourth-order valence-corrected chi connectivity index (χ4v) is 1.77. The molecule has 0 heterocycles. The molecule has 6 nitrogen and oxygen atoms in total. The molecule has 1 aromatic carbocycles. The summed E-state index contributed by atoms with van der Waals surface area (Å²) in [7, 11) is 1.86. The van der Waals surface area contributed by atoms with E-state index in [2.05, 4.69) is 5.32 Å². The van der Waals surface area contributed by atoms with Gasteiger partial charge in [-0.05, 0) is 38.6 Å². The van der Waals surface area contributed by atoms with E-state index < -0.39 is 0 Å². The second kappa shape index (κ2) is 9.06. The summed E-state index contributed by atoms with van der Waals surface area (Å²) in [4.78, 5) is 24.5. The van der Waals surface area contributed by atoms with Gasteiger partial charge in [0.15, 0.2) is 0 Å². The third kappa shape index (κ3) is 6.86. The molecule has 0 atom stereocenters. The number of amides is 2. The summed E-state index contributed by atoms with van der Waals surface area (Å²) in [6.45, 7) is 1.03. The largest absolute Gasteiger partial charge is 0.325 e.